The molecule has 1 aliphatic heterocycles. The number of anilines is 1. The van der Waals surface area contributed by atoms with Crippen molar-refractivity contribution in [3.8, 4) is 0 Å². The van der Waals surface area contributed by atoms with Crippen LogP contribution in [0.2, 0.25) is 0 Å². The molecular weight excluding hydrogens is 464 g/mol. The topological polar surface area (TPSA) is 113 Å². The second-order valence-corrected chi connectivity index (χ2v) is 10.1. The van der Waals surface area contributed by atoms with Gasteiger partial charge in [0.15, 0.2) is 0 Å². The molecule has 1 N–H and O–H groups in total. The summed E-state index contributed by atoms with van der Waals surface area (Å²) in [5, 5.41) is 15.1. The summed E-state index contributed by atoms with van der Waals surface area (Å²) in [5.41, 5.74) is 1.70. The van der Waals surface area contributed by atoms with Gasteiger partial charge in [-0.1, -0.05) is 6.07 Å². The number of nitro benzene ring substituents is 1. The third-order valence-corrected chi connectivity index (χ3v) is 7.48. The first kappa shape index (κ1) is 22.9. The molecule has 11 heteroatoms. The summed E-state index contributed by atoms with van der Waals surface area (Å²) in [6.45, 7) is 3.73. The molecule has 172 valence electrons. The Morgan fingerprint density at radius 3 is 2.42 bits per heavy atom. The molecule has 9 nitrogen and oxygen atoms in total. The SMILES string of the molecule is O=C(c1ccc(NS(=O)(=O)c2cccc([N+](=O)[O-])c2)cc1)N1CCN(Cc2ccsc2)CC1. The number of piperazine rings is 1. The predicted octanol–water partition coefficient (Wildman–Crippen LogP) is 3.42. The molecule has 1 saturated heterocycles. The molecule has 4 rings (SSSR count). The van der Waals surface area contributed by atoms with Crippen molar-refractivity contribution in [2.75, 3.05) is 30.9 Å². The van der Waals surface area contributed by atoms with Crippen molar-refractivity contribution in [1.29, 1.82) is 0 Å². The minimum Gasteiger partial charge on any atom is -0.336 e. The number of sulfonamides is 1. The van der Waals surface area contributed by atoms with Gasteiger partial charge in [-0.15, -0.1) is 0 Å². The Balaban J connectivity index is 1.36. The van der Waals surface area contributed by atoms with E-state index < -0.39 is 14.9 Å². The number of thiophene rings is 1. The lowest BCUT2D eigenvalue weighted by atomic mass is 10.1. The average molecular weight is 487 g/mol. The van der Waals surface area contributed by atoms with Gasteiger partial charge in [0.2, 0.25) is 0 Å². The molecule has 0 atom stereocenters. The van der Waals surface area contributed by atoms with Crippen molar-refractivity contribution in [2.45, 2.75) is 11.4 Å². The van der Waals surface area contributed by atoms with E-state index in [0.29, 0.717) is 18.7 Å². The summed E-state index contributed by atoms with van der Waals surface area (Å²) in [6.07, 6.45) is 0. The second-order valence-electron chi connectivity index (χ2n) is 7.64. The maximum absolute atomic E-state index is 12.8. The fraction of sp³-hybridized carbons (Fsp3) is 0.227. The Morgan fingerprint density at radius 1 is 1.06 bits per heavy atom. The van der Waals surface area contributed by atoms with Gasteiger partial charge in [0.05, 0.1) is 9.82 Å². The number of nitrogens with one attached hydrogen (secondary N) is 1. The van der Waals surface area contributed by atoms with Crippen LogP contribution in [0.4, 0.5) is 11.4 Å². The van der Waals surface area contributed by atoms with E-state index in [9.17, 15) is 23.3 Å². The summed E-state index contributed by atoms with van der Waals surface area (Å²) < 4.78 is 27.5. The monoisotopic (exact) mass is 486 g/mol. The van der Waals surface area contributed by atoms with Crippen LogP contribution < -0.4 is 4.72 Å². The zero-order chi connectivity index (χ0) is 23.4. The maximum Gasteiger partial charge on any atom is 0.270 e. The van der Waals surface area contributed by atoms with Crippen LogP contribution in [-0.2, 0) is 16.6 Å². The average Bonchev–Trinajstić information content (AvgIpc) is 3.32. The van der Waals surface area contributed by atoms with E-state index in [1.54, 1.807) is 28.4 Å². The summed E-state index contributed by atoms with van der Waals surface area (Å²) in [4.78, 5) is 27.0. The third-order valence-electron chi connectivity index (χ3n) is 5.37. The number of rotatable bonds is 7. The van der Waals surface area contributed by atoms with E-state index in [2.05, 4.69) is 26.4 Å². The second kappa shape index (κ2) is 9.69. The van der Waals surface area contributed by atoms with Gasteiger partial charge in [-0.25, -0.2) is 8.42 Å². The van der Waals surface area contributed by atoms with Crippen LogP contribution >= 0.6 is 11.3 Å². The Hall–Kier alpha value is -3.28. The van der Waals surface area contributed by atoms with Crippen molar-refractivity contribution in [3.63, 3.8) is 0 Å². The number of nitro groups is 1. The van der Waals surface area contributed by atoms with Gasteiger partial charge < -0.3 is 4.90 Å². The summed E-state index contributed by atoms with van der Waals surface area (Å²) in [5.74, 6) is -0.0988. The Morgan fingerprint density at radius 2 is 1.79 bits per heavy atom. The van der Waals surface area contributed by atoms with Gasteiger partial charge in [0, 0.05) is 56.1 Å². The molecule has 0 spiro atoms. The first-order chi connectivity index (χ1) is 15.8. The minimum absolute atomic E-state index is 0.0988. The van der Waals surface area contributed by atoms with E-state index in [1.807, 2.05) is 0 Å². The molecule has 33 heavy (non-hydrogen) atoms. The molecule has 3 aromatic rings. The van der Waals surface area contributed by atoms with Crippen molar-refractivity contribution >= 4 is 38.6 Å². The molecule has 1 aliphatic rings. The van der Waals surface area contributed by atoms with Crippen molar-refractivity contribution in [1.82, 2.24) is 9.80 Å². The highest BCUT2D eigenvalue weighted by atomic mass is 32.2. The smallest absolute Gasteiger partial charge is 0.270 e. The fourth-order valence-corrected chi connectivity index (χ4v) is 5.35. The number of nitrogens with zero attached hydrogens (tertiary/aromatic N) is 3. The molecule has 0 bridgehead atoms. The van der Waals surface area contributed by atoms with E-state index in [0.717, 1.165) is 25.7 Å². The summed E-state index contributed by atoms with van der Waals surface area (Å²) in [6, 6.07) is 13.1. The molecule has 2 heterocycles. The molecular formula is C22H22N4O5S2. The quantitative estimate of drug-likeness (QED) is 0.404. The van der Waals surface area contributed by atoms with Crippen LogP contribution in [0.15, 0.2) is 70.3 Å². The molecule has 0 unspecified atom stereocenters. The van der Waals surface area contributed by atoms with E-state index in [-0.39, 0.29) is 22.2 Å². The molecule has 0 aliphatic carbocycles. The van der Waals surface area contributed by atoms with Crippen molar-refractivity contribution < 1.29 is 18.1 Å². The van der Waals surface area contributed by atoms with Crippen molar-refractivity contribution in [3.05, 3.63) is 86.6 Å². The molecule has 1 aromatic heterocycles. The number of hydrogen-bond donors (Lipinski definition) is 1. The van der Waals surface area contributed by atoms with Crippen LogP contribution in [0, 0.1) is 10.1 Å². The Kier molecular flexibility index (Phi) is 6.72. The normalized spacial score (nSPS) is 14.7. The first-order valence-corrected chi connectivity index (χ1v) is 12.6. The van der Waals surface area contributed by atoms with Gasteiger partial charge in [0.25, 0.3) is 21.6 Å². The van der Waals surface area contributed by atoms with Gasteiger partial charge in [0.1, 0.15) is 0 Å². The summed E-state index contributed by atoms with van der Waals surface area (Å²) >= 11 is 1.67. The van der Waals surface area contributed by atoms with E-state index in [1.165, 1.54) is 35.9 Å². The highest BCUT2D eigenvalue weighted by molar-refractivity contribution is 7.92. The maximum atomic E-state index is 12.8. The highest BCUT2D eigenvalue weighted by Crippen LogP contribution is 2.21. The van der Waals surface area contributed by atoms with Crippen LogP contribution in [0.5, 0.6) is 0 Å². The standard InChI is InChI=1S/C22H22N4O5S2/c27-22(25-11-9-24(10-12-25)15-17-8-13-32-16-17)18-4-6-19(7-5-18)23-33(30,31)21-3-1-2-20(14-21)26(28)29/h1-8,13-14,16,23H,9-12,15H2. The number of hydrogen-bond acceptors (Lipinski definition) is 7. The van der Waals surface area contributed by atoms with Gasteiger partial charge >= 0.3 is 0 Å². The van der Waals surface area contributed by atoms with Crippen LogP contribution in [0.3, 0.4) is 0 Å². The number of non-ortho nitro benzene ring substituents is 1. The third kappa shape index (κ3) is 5.56. The van der Waals surface area contributed by atoms with Crippen LogP contribution in [0.25, 0.3) is 0 Å². The van der Waals surface area contributed by atoms with Crippen LogP contribution in [-0.4, -0.2) is 55.2 Å². The minimum atomic E-state index is -4.01. The number of carbonyl (C=O) groups excluding carboxylic acids is 1. The number of carbonyl (C=O) groups is 1. The largest absolute Gasteiger partial charge is 0.336 e. The fourth-order valence-electron chi connectivity index (χ4n) is 3.59. The lowest BCUT2D eigenvalue weighted by molar-refractivity contribution is -0.385. The zero-order valence-corrected chi connectivity index (χ0v) is 19.2. The Bertz CT molecular complexity index is 1240. The lowest BCUT2D eigenvalue weighted by Crippen LogP contribution is -2.48. The molecule has 0 radical (unpaired) electrons. The number of amides is 1. The molecule has 1 fully saturated rings. The molecule has 1 amide bonds. The van der Waals surface area contributed by atoms with Gasteiger partial charge in [-0.05, 0) is 52.7 Å². The summed E-state index contributed by atoms with van der Waals surface area (Å²) in [7, 11) is -4.01. The van der Waals surface area contributed by atoms with Crippen LogP contribution in [0.1, 0.15) is 15.9 Å². The zero-order valence-electron chi connectivity index (χ0n) is 17.6. The Labute approximate surface area is 195 Å². The first-order valence-electron chi connectivity index (χ1n) is 10.2. The van der Waals surface area contributed by atoms with Gasteiger partial charge in [-0.2, -0.15) is 11.3 Å². The van der Waals surface area contributed by atoms with Gasteiger partial charge in [-0.3, -0.25) is 24.5 Å². The van der Waals surface area contributed by atoms with E-state index >= 15 is 0 Å². The number of benzene rings is 2. The van der Waals surface area contributed by atoms with Crippen molar-refractivity contribution in [2.24, 2.45) is 0 Å². The van der Waals surface area contributed by atoms with E-state index in [4.69, 9.17) is 0 Å². The molecule has 2 aromatic carbocycles. The highest BCUT2D eigenvalue weighted by Gasteiger charge is 2.23. The molecule has 0 saturated carbocycles. The predicted molar refractivity (Wildman–Crippen MR) is 126 cm³/mol. The lowest BCUT2D eigenvalue weighted by Gasteiger charge is -2.34.